The molecule has 0 aliphatic heterocycles. The predicted molar refractivity (Wildman–Crippen MR) is 41.1 cm³/mol. The van der Waals surface area contributed by atoms with E-state index in [1.807, 2.05) is 0 Å². The van der Waals surface area contributed by atoms with Crippen LogP contribution in [0.2, 0.25) is 0 Å². The second-order valence-corrected chi connectivity index (χ2v) is 2.98. The van der Waals surface area contributed by atoms with Crippen LogP contribution in [0.4, 0.5) is 0 Å². The fourth-order valence-electron chi connectivity index (χ4n) is 0.869. The zero-order valence-corrected chi connectivity index (χ0v) is 6.66. The Kier molecular flexibility index (Phi) is 3.00. The first-order valence-corrected chi connectivity index (χ1v) is 4.19. The molecule has 0 aromatic rings. The normalized spacial score (nSPS) is 16.9. The number of alkyl halides is 1. The minimum absolute atomic E-state index is 0.0534. The zero-order chi connectivity index (χ0) is 7.40. The van der Waals surface area contributed by atoms with Crippen molar-refractivity contribution in [3.8, 4) is 0 Å². The summed E-state index contributed by atoms with van der Waals surface area (Å²) in [6.07, 6.45) is 3.82. The molecular weight excluding hydrogens is 150 g/mol. The molecule has 1 rings (SSSR count). The predicted octanol–water partition coefficient (Wildman–Crippen LogP) is 1.14. The maximum atomic E-state index is 10.6. The van der Waals surface area contributed by atoms with E-state index in [1.54, 1.807) is 0 Å². The maximum absolute atomic E-state index is 10.6. The fourth-order valence-corrected chi connectivity index (χ4v) is 0.964. The van der Waals surface area contributed by atoms with E-state index in [9.17, 15) is 4.79 Å². The van der Waals surface area contributed by atoms with Gasteiger partial charge in [-0.15, -0.1) is 11.6 Å². The summed E-state index contributed by atoms with van der Waals surface area (Å²) in [4.78, 5) is 10.6. The molecule has 0 aromatic carbocycles. The standard InChI is InChI=1S/C7H12ClNO/c8-5-7(10)9-4-3-6-1-2-6/h6H,1-5H2,(H,9,10). The third kappa shape index (κ3) is 3.06. The lowest BCUT2D eigenvalue weighted by Gasteiger charge is -1.99. The molecule has 1 amide bonds. The molecule has 1 aliphatic carbocycles. The Morgan fingerprint density at radius 3 is 2.80 bits per heavy atom. The summed E-state index contributed by atoms with van der Waals surface area (Å²) in [5, 5.41) is 2.73. The summed E-state index contributed by atoms with van der Waals surface area (Å²) < 4.78 is 0. The highest BCUT2D eigenvalue weighted by Gasteiger charge is 2.20. The van der Waals surface area contributed by atoms with Gasteiger partial charge in [0.2, 0.25) is 5.91 Å². The molecule has 1 saturated carbocycles. The van der Waals surface area contributed by atoms with Crippen molar-refractivity contribution in [2.45, 2.75) is 19.3 Å². The number of hydrogen-bond acceptors (Lipinski definition) is 1. The van der Waals surface area contributed by atoms with Crippen molar-refractivity contribution >= 4 is 17.5 Å². The monoisotopic (exact) mass is 161 g/mol. The molecule has 0 aromatic heterocycles. The molecular formula is C7H12ClNO. The number of carbonyl (C=O) groups is 1. The first-order chi connectivity index (χ1) is 4.83. The van der Waals surface area contributed by atoms with Crippen molar-refractivity contribution < 1.29 is 4.79 Å². The highest BCUT2D eigenvalue weighted by atomic mass is 35.5. The molecule has 2 nitrogen and oxygen atoms in total. The Morgan fingerprint density at radius 1 is 1.60 bits per heavy atom. The molecule has 58 valence electrons. The van der Waals surface area contributed by atoms with Gasteiger partial charge in [-0.3, -0.25) is 4.79 Å². The number of carbonyl (C=O) groups excluding carboxylic acids is 1. The molecule has 0 unspecified atom stereocenters. The second-order valence-electron chi connectivity index (χ2n) is 2.72. The Balaban J connectivity index is 1.88. The van der Waals surface area contributed by atoms with E-state index in [1.165, 1.54) is 12.8 Å². The molecule has 0 radical (unpaired) electrons. The van der Waals surface area contributed by atoms with E-state index in [-0.39, 0.29) is 11.8 Å². The number of halogens is 1. The van der Waals surface area contributed by atoms with Gasteiger partial charge in [-0.2, -0.15) is 0 Å². The molecule has 1 aliphatic rings. The van der Waals surface area contributed by atoms with Crippen LogP contribution in [0.3, 0.4) is 0 Å². The smallest absolute Gasteiger partial charge is 0.234 e. The lowest BCUT2D eigenvalue weighted by Crippen LogP contribution is -2.25. The van der Waals surface area contributed by atoms with Crippen LogP contribution in [-0.2, 0) is 4.79 Å². The molecule has 1 fully saturated rings. The molecule has 10 heavy (non-hydrogen) atoms. The number of nitrogens with one attached hydrogen (secondary N) is 1. The van der Waals surface area contributed by atoms with E-state index in [2.05, 4.69) is 5.32 Å². The molecule has 3 heteroatoms. The number of amides is 1. The van der Waals surface area contributed by atoms with Crippen LogP contribution in [0.25, 0.3) is 0 Å². The van der Waals surface area contributed by atoms with Gasteiger partial charge in [0.05, 0.1) is 0 Å². The van der Waals surface area contributed by atoms with Gasteiger partial charge in [-0.1, -0.05) is 12.8 Å². The Hall–Kier alpha value is -0.240. The van der Waals surface area contributed by atoms with Crippen LogP contribution >= 0.6 is 11.6 Å². The summed E-state index contributed by atoms with van der Waals surface area (Å²) in [6, 6.07) is 0. The zero-order valence-electron chi connectivity index (χ0n) is 5.90. The third-order valence-corrected chi connectivity index (χ3v) is 1.94. The summed E-state index contributed by atoms with van der Waals surface area (Å²) in [7, 11) is 0. The van der Waals surface area contributed by atoms with Crippen molar-refractivity contribution in [3.05, 3.63) is 0 Å². The van der Waals surface area contributed by atoms with Crippen molar-refractivity contribution in [3.63, 3.8) is 0 Å². The van der Waals surface area contributed by atoms with Gasteiger partial charge in [-0.25, -0.2) is 0 Å². The molecule has 0 spiro atoms. The summed E-state index contributed by atoms with van der Waals surface area (Å²) >= 11 is 5.27. The largest absolute Gasteiger partial charge is 0.355 e. The van der Waals surface area contributed by atoms with Crippen LogP contribution in [0.5, 0.6) is 0 Å². The van der Waals surface area contributed by atoms with Crippen LogP contribution in [0, 0.1) is 5.92 Å². The average molecular weight is 162 g/mol. The first kappa shape index (κ1) is 7.86. The fraction of sp³-hybridized carbons (Fsp3) is 0.857. The lowest BCUT2D eigenvalue weighted by molar-refractivity contribution is -0.118. The van der Waals surface area contributed by atoms with E-state index in [0.717, 1.165) is 18.9 Å². The molecule has 0 bridgehead atoms. The second kappa shape index (κ2) is 3.81. The van der Waals surface area contributed by atoms with Crippen molar-refractivity contribution in [2.24, 2.45) is 5.92 Å². The third-order valence-electron chi connectivity index (χ3n) is 1.69. The molecule has 0 saturated heterocycles. The summed E-state index contributed by atoms with van der Waals surface area (Å²) in [5.74, 6) is 0.919. The Morgan fingerprint density at radius 2 is 2.30 bits per heavy atom. The van der Waals surface area contributed by atoms with Crippen molar-refractivity contribution in [2.75, 3.05) is 12.4 Å². The molecule has 1 N–H and O–H groups in total. The van der Waals surface area contributed by atoms with Gasteiger partial charge >= 0.3 is 0 Å². The SMILES string of the molecule is O=C(CCl)NCCC1CC1. The Labute approximate surface area is 65.9 Å². The van der Waals surface area contributed by atoms with E-state index in [4.69, 9.17) is 11.6 Å². The maximum Gasteiger partial charge on any atom is 0.234 e. The van der Waals surface area contributed by atoms with Gasteiger partial charge in [0.1, 0.15) is 5.88 Å². The number of hydrogen-bond donors (Lipinski definition) is 1. The van der Waals surface area contributed by atoms with Gasteiger partial charge in [0.25, 0.3) is 0 Å². The highest BCUT2D eigenvalue weighted by Crippen LogP contribution is 2.31. The Bertz CT molecular complexity index is 123. The van der Waals surface area contributed by atoms with E-state index in [0.29, 0.717) is 0 Å². The van der Waals surface area contributed by atoms with Gasteiger partial charge in [0, 0.05) is 6.54 Å². The van der Waals surface area contributed by atoms with Crippen LogP contribution in [0.1, 0.15) is 19.3 Å². The van der Waals surface area contributed by atoms with Gasteiger partial charge in [-0.05, 0) is 12.3 Å². The van der Waals surface area contributed by atoms with E-state index < -0.39 is 0 Å². The van der Waals surface area contributed by atoms with Crippen LogP contribution in [0.15, 0.2) is 0 Å². The lowest BCUT2D eigenvalue weighted by atomic mass is 10.3. The van der Waals surface area contributed by atoms with E-state index >= 15 is 0 Å². The van der Waals surface area contributed by atoms with Gasteiger partial charge < -0.3 is 5.32 Å². The van der Waals surface area contributed by atoms with Crippen molar-refractivity contribution in [1.29, 1.82) is 0 Å². The van der Waals surface area contributed by atoms with Crippen LogP contribution in [-0.4, -0.2) is 18.3 Å². The number of rotatable bonds is 4. The molecule has 0 atom stereocenters. The quantitative estimate of drug-likeness (QED) is 0.616. The summed E-state index contributed by atoms with van der Waals surface area (Å²) in [6.45, 7) is 0.802. The minimum atomic E-state index is -0.0534. The molecule has 0 heterocycles. The minimum Gasteiger partial charge on any atom is -0.355 e. The van der Waals surface area contributed by atoms with Gasteiger partial charge in [0.15, 0.2) is 0 Å². The highest BCUT2D eigenvalue weighted by molar-refractivity contribution is 6.27. The van der Waals surface area contributed by atoms with Crippen molar-refractivity contribution in [1.82, 2.24) is 5.32 Å². The van der Waals surface area contributed by atoms with Crippen LogP contribution < -0.4 is 5.32 Å². The summed E-state index contributed by atoms with van der Waals surface area (Å²) in [5.41, 5.74) is 0. The average Bonchev–Trinajstić information content (AvgIpc) is 2.71. The first-order valence-electron chi connectivity index (χ1n) is 3.65. The topological polar surface area (TPSA) is 29.1 Å².